The smallest absolute Gasteiger partial charge is 0.242 e. The van der Waals surface area contributed by atoms with Crippen molar-refractivity contribution in [1.29, 1.82) is 0 Å². The van der Waals surface area contributed by atoms with Crippen molar-refractivity contribution in [2.45, 2.75) is 58.7 Å². The predicted molar refractivity (Wildman–Crippen MR) is 132 cm³/mol. The molecule has 2 amide bonds. The quantitative estimate of drug-likeness (QED) is 0.450. The van der Waals surface area contributed by atoms with Gasteiger partial charge < -0.3 is 10.2 Å². The number of aryl methyl sites for hydroxylation is 1. The number of carbonyl (C=O) groups is 2. The van der Waals surface area contributed by atoms with Crippen LogP contribution in [0.25, 0.3) is 10.8 Å². The average molecular weight is 451 g/mol. The Bertz CT molecular complexity index is 1060. The van der Waals surface area contributed by atoms with Crippen molar-refractivity contribution in [3.05, 3.63) is 82.9 Å². The van der Waals surface area contributed by atoms with E-state index in [9.17, 15) is 9.59 Å². The lowest BCUT2D eigenvalue weighted by Gasteiger charge is -2.30. The number of benzene rings is 3. The molecule has 0 aliphatic carbocycles. The van der Waals surface area contributed by atoms with E-state index in [0.717, 1.165) is 28.3 Å². The van der Waals surface area contributed by atoms with E-state index >= 15 is 0 Å². The molecule has 0 heterocycles. The Balaban J connectivity index is 1.78. The highest BCUT2D eigenvalue weighted by Gasteiger charge is 2.26. The summed E-state index contributed by atoms with van der Waals surface area (Å²) in [5.41, 5.74) is 2.08. The minimum Gasteiger partial charge on any atom is -0.352 e. The zero-order valence-electron chi connectivity index (χ0n) is 19.0. The first-order valence-corrected chi connectivity index (χ1v) is 11.6. The van der Waals surface area contributed by atoms with Crippen LogP contribution in [0.15, 0.2) is 66.7 Å². The first-order valence-electron chi connectivity index (χ1n) is 11.2. The third-order valence-electron chi connectivity index (χ3n) is 5.92. The molecule has 0 aliphatic rings. The van der Waals surface area contributed by atoms with E-state index in [0.29, 0.717) is 24.4 Å². The fourth-order valence-corrected chi connectivity index (χ4v) is 3.86. The number of nitrogens with zero attached hydrogens (tertiary/aromatic N) is 1. The van der Waals surface area contributed by atoms with Crippen LogP contribution in [0.1, 0.15) is 44.7 Å². The summed E-state index contributed by atoms with van der Waals surface area (Å²) in [6.07, 6.45) is 1.80. The van der Waals surface area contributed by atoms with Gasteiger partial charge in [0.25, 0.3) is 0 Å². The van der Waals surface area contributed by atoms with Crippen LogP contribution in [-0.4, -0.2) is 28.8 Å². The van der Waals surface area contributed by atoms with Gasteiger partial charge in [-0.25, -0.2) is 0 Å². The van der Waals surface area contributed by atoms with Crippen LogP contribution in [0.2, 0.25) is 5.02 Å². The molecule has 168 valence electrons. The maximum atomic E-state index is 13.3. The maximum Gasteiger partial charge on any atom is 0.242 e. The van der Waals surface area contributed by atoms with Gasteiger partial charge in [0, 0.05) is 24.0 Å². The van der Waals surface area contributed by atoms with Gasteiger partial charge in [0.2, 0.25) is 11.8 Å². The minimum absolute atomic E-state index is 0.0420. The van der Waals surface area contributed by atoms with Gasteiger partial charge in [-0.15, -0.1) is 0 Å². The van der Waals surface area contributed by atoms with Crippen molar-refractivity contribution in [1.82, 2.24) is 10.2 Å². The lowest BCUT2D eigenvalue weighted by Crippen LogP contribution is -2.49. The molecule has 2 atom stereocenters. The highest BCUT2D eigenvalue weighted by Crippen LogP contribution is 2.21. The molecule has 3 aromatic carbocycles. The lowest BCUT2D eigenvalue weighted by atomic mass is 10.0. The molecule has 3 aromatic rings. The van der Waals surface area contributed by atoms with Crippen LogP contribution in [0.5, 0.6) is 0 Å². The Labute approximate surface area is 195 Å². The Morgan fingerprint density at radius 1 is 0.969 bits per heavy atom. The van der Waals surface area contributed by atoms with Gasteiger partial charge in [-0.2, -0.15) is 0 Å². The summed E-state index contributed by atoms with van der Waals surface area (Å²) in [5.74, 6) is -0.175. The van der Waals surface area contributed by atoms with Crippen LogP contribution in [0, 0.1) is 0 Å². The van der Waals surface area contributed by atoms with E-state index < -0.39 is 6.04 Å². The van der Waals surface area contributed by atoms with Crippen molar-refractivity contribution < 1.29 is 9.59 Å². The van der Waals surface area contributed by atoms with E-state index in [1.807, 2.05) is 44.2 Å². The minimum atomic E-state index is -0.570. The monoisotopic (exact) mass is 450 g/mol. The Hall–Kier alpha value is -2.85. The van der Waals surface area contributed by atoms with Gasteiger partial charge in [0.15, 0.2) is 0 Å². The maximum absolute atomic E-state index is 13.3. The second kappa shape index (κ2) is 11.1. The average Bonchev–Trinajstić information content (AvgIpc) is 2.81. The van der Waals surface area contributed by atoms with Crippen LogP contribution >= 0.6 is 11.6 Å². The van der Waals surface area contributed by atoms with Crippen molar-refractivity contribution in [3.63, 3.8) is 0 Å². The predicted octanol–water partition coefficient (Wildman–Crippen LogP) is 5.76. The van der Waals surface area contributed by atoms with Crippen LogP contribution in [0.4, 0.5) is 0 Å². The lowest BCUT2D eigenvalue weighted by molar-refractivity contribution is -0.140. The summed E-state index contributed by atoms with van der Waals surface area (Å²) < 4.78 is 0. The summed E-state index contributed by atoms with van der Waals surface area (Å²) in [6, 6.07) is 21.3. The molecular formula is C27H31ClN2O2. The molecule has 0 spiro atoms. The van der Waals surface area contributed by atoms with E-state index in [4.69, 9.17) is 11.6 Å². The van der Waals surface area contributed by atoms with Crippen molar-refractivity contribution >= 4 is 34.2 Å². The number of carbonyl (C=O) groups excluding carboxylic acids is 2. The van der Waals surface area contributed by atoms with E-state index in [1.165, 1.54) is 0 Å². The van der Waals surface area contributed by atoms with Gasteiger partial charge in [-0.1, -0.05) is 73.1 Å². The highest BCUT2D eigenvalue weighted by atomic mass is 35.5. The zero-order chi connectivity index (χ0) is 23.1. The Morgan fingerprint density at radius 3 is 2.38 bits per heavy atom. The fourth-order valence-electron chi connectivity index (χ4n) is 3.73. The number of amides is 2. The number of fused-ring (bicyclic) bond motifs is 1. The van der Waals surface area contributed by atoms with Crippen LogP contribution in [0.3, 0.4) is 0 Å². The van der Waals surface area contributed by atoms with Crippen LogP contribution < -0.4 is 5.32 Å². The summed E-state index contributed by atoms with van der Waals surface area (Å²) in [7, 11) is 0. The number of hydrogen-bond donors (Lipinski definition) is 1. The Kier molecular flexibility index (Phi) is 8.29. The van der Waals surface area contributed by atoms with Crippen molar-refractivity contribution in [2.24, 2.45) is 0 Å². The third kappa shape index (κ3) is 6.10. The van der Waals surface area contributed by atoms with Crippen molar-refractivity contribution in [2.75, 3.05) is 0 Å². The standard InChI is InChI=1S/C27H31ClN2O2/c1-4-19(2)29-27(32)20(3)30(18-21-12-15-24(28)16-13-21)26(31)17-14-23-10-7-9-22-8-5-6-11-25(22)23/h5-13,15-16,19-20H,4,14,17-18H2,1-3H3,(H,29,32)/t19-,20-/m0/s1. The zero-order valence-corrected chi connectivity index (χ0v) is 19.7. The molecular weight excluding hydrogens is 420 g/mol. The molecule has 0 saturated carbocycles. The van der Waals surface area contributed by atoms with Gasteiger partial charge in [-0.3, -0.25) is 9.59 Å². The fraction of sp³-hybridized carbons (Fsp3) is 0.333. The molecule has 0 radical (unpaired) electrons. The first-order chi connectivity index (χ1) is 15.4. The first kappa shape index (κ1) is 23.8. The normalized spacial score (nSPS) is 12.9. The second-order valence-electron chi connectivity index (χ2n) is 8.28. The molecule has 0 unspecified atom stereocenters. The molecule has 32 heavy (non-hydrogen) atoms. The molecule has 1 N–H and O–H groups in total. The molecule has 5 heteroatoms. The molecule has 0 aliphatic heterocycles. The second-order valence-corrected chi connectivity index (χ2v) is 8.72. The molecule has 0 saturated heterocycles. The largest absolute Gasteiger partial charge is 0.352 e. The SMILES string of the molecule is CC[C@H](C)NC(=O)[C@H](C)N(Cc1ccc(Cl)cc1)C(=O)CCc1cccc2ccccc12. The van der Waals surface area contributed by atoms with E-state index in [-0.39, 0.29) is 17.9 Å². The van der Waals surface area contributed by atoms with E-state index in [1.54, 1.807) is 24.0 Å². The number of rotatable bonds is 9. The summed E-state index contributed by atoms with van der Waals surface area (Å²) in [6.45, 7) is 6.15. The number of hydrogen-bond acceptors (Lipinski definition) is 2. The molecule has 0 bridgehead atoms. The van der Waals surface area contributed by atoms with E-state index in [2.05, 4.69) is 29.6 Å². The van der Waals surface area contributed by atoms with Gasteiger partial charge >= 0.3 is 0 Å². The van der Waals surface area contributed by atoms with Gasteiger partial charge in [-0.05, 0) is 60.7 Å². The van der Waals surface area contributed by atoms with Gasteiger partial charge in [0.05, 0.1) is 0 Å². The van der Waals surface area contributed by atoms with Crippen molar-refractivity contribution in [3.8, 4) is 0 Å². The van der Waals surface area contributed by atoms with Crippen LogP contribution in [-0.2, 0) is 22.6 Å². The molecule has 4 nitrogen and oxygen atoms in total. The summed E-state index contributed by atoms with van der Waals surface area (Å²) in [4.78, 5) is 27.8. The Morgan fingerprint density at radius 2 is 1.66 bits per heavy atom. The number of nitrogens with one attached hydrogen (secondary N) is 1. The van der Waals surface area contributed by atoms with Gasteiger partial charge in [0.1, 0.15) is 6.04 Å². The number of halogens is 1. The summed E-state index contributed by atoms with van der Waals surface area (Å²) in [5, 5.41) is 5.97. The topological polar surface area (TPSA) is 49.4 Å². The molecule has 0 fully saturated rings. The highest BCUT2D eigenvalue weighted by molar-refractivity contribution is 6.30. The molecule has 0 aromatic heterocycles. The third-order valence-corrected chi connectivity index (χ3v) is 6.17. The molecule has 3 rings (SSSR count). The summed E-state index contributed by atoms with van der Waals surface area (Å²) >= 11 is 6.02.